The van der Waals surface area contributed by atoms with Crippen LogP contribution >= 0.6 is 0 Å². The van der Waals surface area contributed by atoms with Gasteiger partial charge < -0.3 is 10.5 Å². The minimum Gasteiger partial charge on any atom is -0.491 e. The molecule has 1 aromatic carbocycles. The fourth-order valence-corrected chi connectivity index (χ4v) is 3.88. The summed E-state index contributed by atoms with van der Waals surface area (Å²) < 4.78 is 6.04. The van der Waals surface area contributed by atoms with Gasteiger partial charge in [-0.1, -0.05) is 45.4 Å². The number of hydrogen-bond acceptors (Lipinski definition) is 2. The number of nitrogens with two attached hydrogens (primary N) is 1. The first-order chi connectivity index (χ1) is 9.82. The van der Waals surface area contributed by atoms with Crippen LogP contribution in [0.1, 0.15) is 59.4 Å². The first kappa shape index (κ1) is 16.4. The van der Waals surface area contributed by atoms with E-state index in [4.69, 9.17) is 10.5 Å². The van der Waals surface area contributed by atoms with Gasteiger partial charge in [-0.25, -0.2) is 0 Å². The molecule has 0 heterocycles. The number of benzene rings is 1. The lowest BCUT2D eigenvalue weighted by Crippen LogP contribution is -2.46. The molecule has 0 spiro atoms. The summed E-state index contributed by atoms with van der Waals surface area (Å²) in [5.41, 5.74) is 7.85. The van der Waals surface area contributed by atoms with Crippen LogP contribution < -0.4 is 10.5 Å². The second-order valence-electron chi connectivity index (χ2n) is 7.57. The van der Waals surface area contributed by atoms with Gasteiger partial charge in [0.1, 0.15) is 5.75 Å². The Morgan fingerprint density at radius 1 is 1.19 bits per heavy atom. The Kier molecular flexibility index (Phi) is 4.98. The van der Waals surface area contributed by atoms with E-state index in [-0.39, 0.29) is 17.6 Å². The lowest BCUT2D eigenvalue weighted by Gasteiger charge is -2.43. The third-order valence-electron chi connectivity index (χ3n) is 5.03. The van der Waals surface area contributed by atoms with Gasteiger partial charge in [-0.2, -0.15) is 0 Å². The van der Waals surface area contributed by atoms with E-state index in [1.54, 1.807) is 0 Å². The average Bonchev–Trinajstić information content (AvgIpc) is 2.37. The van der Waals surface area contributed by atoms with Crippen LogP contribution in [0.4, 0.5) is 0 Å². The first-order valence-electron chi connectivity index (χ1n) is 8.34. The zero-order chi connectivity index (χ0) is 15.6. The molecular weight excluding hydrogens is 258 g/mol. The van der Waals surface area contributed by atoms with E-state index in [2.05, 4.69) is 58.9 Å². The van der Waals surface area contributed by atoms with Gasteiger partial charge >= 0.3 is 0 Å². The van der Waals surface area contributed by atoms with Gasteiger partial charge in [-0.3, -0.25) is 0 Å². The third kappa shape index (κ3) is 3.60. The molecule has 0 amide bonds. The molecule has 1 aromatic rings. The molecule has 0 bridgehead atoms. The van der Waals surface area contributed by atoms with E-state index in [9.17, 15) is 0 Å². The number of hydrogen-bond donors (Lipinski definition) is 1. The Bertz CT molecular complexity index is 466. The van der Waals surface area contributed by atoms with Gasteiger partial charge in [-0.15, -0.1) is 0 Å². The molecular formula is C19H31NO. The Labute approximate surface area is 130 Å². The SMILES string of the molecule is CC1CCC(C(C)(C)c2ccccc2OC(C)C)C(N)C1. The van der Waals surface area contributed by atoms with Crippen molar-refractivity contribution in [2.45, 2.75) is 71.4 Å². The van der Waals surface area contributed by atoms with Crippen molar-refractivity contribution in [3.05, 3.63) is 29.8 Å². The second-order valence-corrected chi connectivity index (χ2v) is 7.57. The van der Waals surface area contributed by atoms with Crippen molar-refractivity contribution in [1.29, 1.82) is 0 Å². The van der Waals surface area contributed by atoms with E-state index < -0.39 is 0 Å². The van der Waals surface area contributed by atoms with Crippen LogP contribution in [0.5, 0.6) is 5.75 Å². The van der Waals surface area contributed by atoms with E-state index in [1.165, 1.54) is 18.4 Å². The van der Waals surface area contributed by atoms with Crippen molar-refractivity contribution in [3.63, 3.8) is 0 Å². The van der Waals surface area contributed by atoms with Crippen molar-refractivity contribution in [3.8, 4) is 5.75 Å². The second kappa shape index (κ2) is 6.39. The highest BCUT2D eigenvalue weighted by atomic mass is 16.5. The van der Waals surface area contributed by atoms with Crippen molar-refractivity contribution >= 4 is 0 Å². The van der Waals surface area contributed by atoms with Gasteiger partial charge in [0.25, 0.3) is 0 Å². The molecule has 0 radical (unpaired) electrons. The third-order valence-corrected chi connectivity index (χ3v) is 5.03. The Balaban J connectivity index is 2.30. The van der Waals surface area contributed by atoms with Crippen LogP contribution in [0.25, 0.3) is 0 Å². The molecule has 0 aromatic heterocycles. The normalized spacial score (nSPS) is 26.9. The fourth-order valence-electron chi connectivity index (χ4n) is 3.88. The van der Waals surface area contributed by atoms with Crippen molar-refractivity contribution in [2.75, 3.05) is 0 Å². The minimum atomic E-state index is 0.0467. The summed E-state index contributed by atoms with van der Waals surface area (Å²) in [6.07, 6.45) is 3.84. The van der Waals surface area contributed by atoms with E-state index in [1.807, 2.05) is 0 Å². The summed E-state index contributed by atoms with van der Waals surface area (Å²) in [5.74, 6) is 2.29. The molecule has 3 unspecified atom stereocenters. The smallest absolute Gasteiger partial charge is 0.123 e. The molecule has 1 aliphatic rings. The molecule has 0 aliphatic heterocycles. The van der Waals surface area contributed by atoms with Crippen molar-refractivity contribution in [1.82, 2.24) is 0 Å². The molecule has 0 saturated heterocycles. The molecule has 3 atom stereocenters. The maximum atomic E-state index is 6.50. The largest absolute Gasteiger partial charge is 0.491 e. The molecule has 2 nitrogen and oxygen atoms in total. The van der Waals surface area contributed by atoms with Crippen LogP contribution in [-0.4, -0.2) is 12.1 Å². The Morgan fingerprint density at radius 2 is 1.86 bits per heavy atom. The molecule has 2 N–H and O–H groups in total. The number of rotatable bonds is 4. The topological polar surface area (TPSA) is 35.2 Å². The maximum Gasteiger partial charge on any atom is 0.123 e. The van der Waals surface area contributed by atoms with E-state index >= 15 is 0 Å². The Morgan fingerprint density at radius 3 is 2.48 bits per heavy atom. The minimum absolute atomic E-state index is 0.0467. The highest BCUT2D eigenvalue weighted by Gasteiger charge is 2.39. The van der Waals surface area contributed by atoms with Crippen molar-refractivity contribution < 1.29 is 4.74 Å². The number of para-hydroxylation sites is 1. The van der Waals surface area contributed by atoms with E-state index in [0.717, 1.165) is 18.1 Å². The van der Waals surface area contributed by atoms with E-state index in [0.29, 0.717) is 5.92 Å². The molecule has 1 saturated carbocycles. The highest BCUT2D eigenvalue weighted by Crippen LogP contribution is 2.44. The summed E-state index contributed by atoms with van der Waals surface area (Å²) in [7, 11) is 0. The van der Waals surface area contributed by atoms with Gasteiger partial charge in [0.15, 0.2) is 0 Å². The number of ether oxygens (including phenoxy) is 1. The summed E-state index contributed by atoms with van der Waals surface area (Å²) in [4.78, 5) is 0. The van der Waals surface area contributed by atoms with Crippen LogP contribution in [0.2, 0.25) is 0 Å². The zero-order valence-electron chi connectivity index (χ0n) is 14.2. The quantitative estimate of drug-likeness (QED) is 0.884. The van der Waals surface area contributed by atoms with Crippen molar-refractivity contribution in [2.24, 2.45) is 17.6 Å². The predicted molar refractivity (Wildman–Crippen MR) is 89.7 cm³/mol. The summed E-state index contributed by atoms with van der Waals surface area (Å²) >= 11 is 0. The lowest BCUT2D eigenvalue weighted by atomic mass is 9.63. The highest BCUT2D eigenvalue weighted by molar-refractivity contribution is 5.40. The van der Waals surface area contributed by atoms with Gasteiger partial charge in [-0.05, 0) is 50.0 Å². The molecule has 118 valence electrons. The Hall–Kier alpha value is -1.02. The lowest BCUT2D eigenvalue weighted by molar-refractivity contribution is 0.163. The van der Waals surface area contributed by atoms with Gasteiger partial charge in [0.2, 0.25) is 0 Å². The predicted octanol–water partition coefficient (Wildman–Crippen LogP) is 4.51. The standard InChI is InChI=1S/C19H31NO/c1-13(2)21-18-9-7-6-8-16(18)19(4,5)15-11-10-14(3)12-17(15)20/h6-9,13-15,17H,10-12,20H2,1-5H3. The van der Waals surface area contributed by atoms with Crippen LogP contribution in [0.3, 0.4) is 0 Å². The van der Waals surface area contributed by atoms with Gasteiger partial charge in [0.05, 0.1) is 6.10 Å². The fraction of sp³-hybridized carbons (Fsp3) is 0.684. The molecule has 1 fully saturated rings. The summed E-state index contributed by atoms with van der Waals surface area (Å²) in [6.45, 7) is 11.1. The average molecular weight is 289 g/mol. The monoisotopic (exact) mass is 289 g/mol. The summed E-state index contributed by atoms with van der Waals surface area (Å²) in [5, 5.41) is 0. The van der Waals surface area contributed by atoms with Crippen LogP contribution in [-0.2, 0) is 5.41 Å². The van der Waals surface area contributed by atoms with Gasteiger partial charge in [0, 0.05) is 11.6 Å². The first-order valence-corrected chi connectivity index (χ1v) is 8.34. The molecule has 2 rings (SSSR count). The molecule has 2 heteroatoms. The van der Waals surface area contributed by atoms with Crippen LogP contribution in [0.15, 0.2) is 24.3 Å². The molecule has 1 aliphatic carbocycles. The zero-order valence-corrected chi connectivity index (χ0v) is 14.2. The van der Waals surface area contributed by atoms with Crippen LogP contribution in [0, 0.1) is 11.8 Å². The maximum absolute atomic E-state index is 6.50. The molecule has 21 heavy (non-hydrogen) atoms. The summed E-state index contributed by atoms with van der Waals surface area (Å²) in [6, 6.07) is 8.76.